The van der Waals surface area contributed by atoms with Gasteiger partial charge in [0.15, 0.2) is 0 Å². The minimum Gasteiger partial charge on any atom is -0.488 e. The van der Waals surface area contributed by atoms with Gasteiger partial charge in [0.25, 0.3) is 0 Å². The number of hydrogen-bond acceptors (Lipinski definition) is 4. The van der Waals surface area contributed by atoms with Crippen molar-refractivity contribution >= 4 is 12.1 Å². The van der Waals surface area contributed by atoms with Crippen molar-refractivity contribution in [3.63, 3.8) is 0 Å². The third-order valence-electron chi connectivity index (χ3n) is 4.61. The quantitative estimate of drug-likeness (QED) is 0.463. The summed E-state index contributed by atoms with van der Waals surface area (Å²) in [7, 11) is 0. The van der Waals surface area contributed by atoms with Crippen molar-refractivity contribution in [1.29, 1.82) is 0 Å². The molecule has 0 aliphatic carbocycles. The highest BCUT2D eigenvalue weighted by molar-refractivity contribution is 5.85. The Hall–Kier alpha value is -3.47. The van der Waals surface area contributed by atoms with Crippen LogP contribution in [0.1, 0.15) is 43.0 Å². The second kappa shape index (κ2) is 9.83. The summed E-state index contributed by atoms with van der Waals surface area (Å²) in [6.07, 6.45) is 5.17. The zero-order valence-electron chi connectivity index (χ0n) is 17.6. The lowest BCUT2D eigenvalue weighted by molar-refractivity contribution is -0.120. The van der Waals surface area contributed by atoms with Gasteiger partial charge in [0.1, 0.15) is 12.4 Å². The first-order valence-electron chi connectivity index (χ1n) is 9.94. The molecule has 0 saturated heterocycles. The molecule has 154 valence electrons. The van der Waals surface area contributed by atoms with Crippen LogP contribution in [0, 0.1) is 0 Å². The topological polar surface area (TPSA) is 63.6 Å². The molecule has 1 N–H and O–H groups in total. The van der Waals surface area contributed by atoms with Gasteiger partial charge in [-0.1, -0.05) is 63.2 Å². The van der Waals surface area contributed by atoms with E-state index in [1.54, 1.807) is 24.7 Å². The molecule has 3 rings (SSSR count). The van der Waals surface area contributed by atoms with Crippen molar-refractivity contribution in [2.24, 2.45) is 5.10 Å². The van der Waals surface area contributed by atoms with E-state index >= 15 is 0 Å². The Kier molecular flexibility index (Phi) is 6.96. The van der Waals surface area contributed by atoms with Crippen LogP contribution in [0.15, 0.2) is 78.2 Å². The van der Waals surface area contributed by atoms with Crippen LogP contribution in [0.4, 0.5) is 0 Å². The SMILES string of the molecule is CC(C)(C)c1ccc(COc2ccccc2/C=N/NC(=O)Cc2cccnc2)cc1. The third-order valence-corrected chi connectivity index (χ3v) is 4.61. The van der Waals surface area contributed by atoms with Crippen LogP contribution in [-0.2, 0) is 23.2 Å². The number of amides is 1. The lowest BCUT2D eigenvalue weighted by atomic mass is 9.87. The van der Waals surface area contributed by atoms with E-state index in [1.807, 2.05) is 30.3 Å². The van der Waals surface area contributed by atoms with E-state index in [2.05, 4.69) is 60.5 Å². The van der Waals surface area contributed by atoms with Gasteiger partial charge < -0.3 is 4.74 Å². The molecule has 0 fully saturated rings. The Balaban J connectivity index is 1.57. The van der Waals surface area contributed by atoms with Gasteiger partial charge in [-0.15, -0.1) is 0 Å². The second-order valence-corrected chi connectivity index (χ2v) is 8.10. The molecule has 30 heavy (non-hydrogen) atoms. The number of hydrazone groups is 1. The molecule has 3 aromatic rings. The Morgan fingerprint density at radius 3 is 2.50 bits per heavy atom. The first kappa shape index (κ1) is 21.2. The number of carbonyl (C=O) groups is 1. The smallest absolute Gasteiger partial charge is 0.244 e. The Labute approximate surface area is 177 Å². The zero-order valence-corrected chi connectivity index (χ0v) is 17.6. The van der Waals surface area contributed by atoms with Crippen LogP contribution in [-0.4, -0.2) is 17.1 Å². The highest BCUT2D eigenvalue weighted by atomic mass is 16.5. The van der Waals surface area contributed by atoms with Crippen LogP contribution in [0.2, 0.25) is 0 Å². The summed E-state index contributed by atoms with van der Waals surface area (Å²) >= 11 is 0. The Bertz CT molecular complexity index is 991. The molecule has 1 heterocycles. The van der Waals surface area contributed by atoms with E-state index in [9.17, 15) is 4.79 Å². The molecule has 1 amide bonds. The molecule has 5 nitrogen and oxygen atoms in total. The lowest BCUT2D eigenvalue weighted by Gasteiger charge is -2.19. The number of benzene rings is 2. The Morgan fingerprint density at radius 2 is 1.80 bits per heavy atom. The number of hydrogen-bond donors (Lipinski definition) is 1. The predicted molar refractivity (Wildman–Crippen MR) is 120 cm³/mol. The number of para-hydroxylation sites is 1. The summed E-state index contributed by atoms with van der Waals surface area (Å²) in [6, 6.07) is 19.7. The van der Waals surface area contributed by atoms with Crippen molar-refractivity contribution in [3.05, 3.63) is 95.3 Å². The van der Waals surface area contributed by atoms with Crippen LogP contribution in [0.25, 0.3) is 0 Å². The highest BCUT2D eigenvalue weighted by Gasteiger charge is 2.13. The molecule has 0 radical (unpaired) electrons. The average molecular weight is 402 g/mol. The summed E-state index contributed by atoms with van der Waals surface area (Å²) in [5, 5.41) is 4.07. The molecule has 0 saturated carbocycles. The van der Waals surface area contributed by atoms with E-state index in [0.29, 0.717) is 12.4 Å². The number of pyridine rings is 1. The van der Waals surface area contributed by atoms with Gasteiger partial charge in [-0.25, -0.2) is 5.43 Å². The average Bonchev–Trinajstić information content (AvgIpc) is 2.73. The van der Waals surface area contributed by atoms with E-state index in [1.165, 1.54) is 5.56 Å². The maximum absolute atomic E-state index is 12.0. The summed E-state index contributed by atoms with van der Waals surface area (Å²) < 4.78 is 5.99. The van der Waals surface area contributed by atoms with E-state index in [4.69, 9.17) is 4.74 Å². The van der Waals surface area contributed by atoms with Crippen LogP contribution in [0.3, 0.4) is 0 Å². The summed E-state index contributed by atoms with van der Waals surface area (Å²) in [5.41, 5.74) is 6.70. The van der Waals surface area contributed by atoms with Gasteiger partial charge >= 0.3 is 0 Å². The fourth-order valence-electron chi connectivity index (χ4n) is 2.88. The molecule has 5 heteroatoms. The van der Waals surface area contributed by atoms with Gasteiger partial charge in [0, 0.05) is 18.0 Å². The fraction of sp³-hybridized carbons (Fsp3) is 0.240. The molecule has 0 aliphatic rings. The number of nitrogens with one attached hydrogen (secondary N) is 1. The molecule has 2 aromatic carbocycles. The maximum Gasteiger partial charge on any atom is 0.244 e. The normalized spacial score (nSPS) is 11.4. The number of carbonyl (C=O) groups excluding carboxylic acids is 1. The number of ether oxygens (including phenoxy) is 1. The van der Waals surface area contributed by atoms with Gasteiger partial charge in [0.2, 0.25) is 5.91 Å². The van der Waals surface area contributed by atoms with Gasteiger partial charge in [-0.05, 0) is 40.3 Å². The standard InChI is InChI=1S/C25H27N3O2/c1-25(2,3)22-12-10-19(11-13-22)18-30-23-9-5-4-8-21(23)17-27-28-24(29)15-20-7-6-14-26-16-20/h4-14,16-17H,15,18H2,1-3H3,(H,28,29)/b27-17+. The lowest BCUT2D eigenvalue weighted by Crippen LogP contribution is -2.19. The molecular formula is C25H27N3O2. The first-order valence-corrected chi connectivity index (χ1v) is 9.94. The Morgan fingerprint density at radius 1 is 1.03 bits per heavy atom. The second-order valence-electron chi connectivity index (χ2n) is 8.10. The minimum atomic E-state index is -0.198. The maximum atomic E-state index is 12.0. The summed E-state index contributed by atoms with van der Waals surface area (Å²) in [5.74, 6) is 0.513. The van der Waals surface area contributed by atoms with Crippen LogP contribution in [0.5, 0.6) is 5.75 Å². The zero-order chi connectivity index (χ0) is 21.4. The van der Waals surface area contributed by atoms with Crippen molar-refractivity contribution in [2.45, 2.75) is 39.2 Å². The highest BCUT2D eigenvalue weighted by Crippen LogP contribution is 2.23. The molecule has 0 atom stereocenters. The van der Waals surface area contributed by atoms with Crippen LogP contribution >= 0.6 is 0 Å². The van der Waals surface area contributed by atoms with Crippen molar-refractivity contribution in [2.75, 3.05) is 0 Å². The minimum absolute atomic E-state index is 0.129. The van der Waals surface area contributed by atoms with E-state index in [0.717, 1.165) is 16.7 Å². The van der Waals surface area contributed by atoms with Crippen molar-refractivity contribution < 1.29 is 9.53 Å². The largest absolute Gasteiger partial charge is 0.488 e. The van der Waals surface area contributed by atoms with Crippen LogP contribution < -0.4 is 10.2 Å². The number of nitrogens with zero attached hydrogens (tertiary/aromatic N) is 2. The molecule has 1 aromatic heterocycles. The van der Waals surface area contributed by atoms with E-state index in [-0.39, 0.29) is 17.7 Å². The number of aromatic nitrogens is 1. The van der Waals surface area contributed by atoms with Crippen molar-refractivity contribution in [1.82, 2.24) is 10.4 Å². The molecule has 0 bridgehead atoms. The fourth-order valence-corrected chi connectivity index (χ4v) is 2.88. The van der Waals surface area contributed by atoms with Gasteiger partial charge in [-0.3, -0.25) is 9.78 Å². The molecular weight excluding hydrogens is 374 g/mol. The van der Waals surface area contributed by atoms with Gasteiger partial charge in [0.05, 0.1) is 12.6 Å². The van der Waals surface area contributed by atoms with Gasteiger partial charge in [-0.2, -0.15) is 5.10 Å². The molecule has 0 spiro atoms. The summed E-state index contributed by atoms with van der Waals surface area (Å²) in [6.45, 7) is 7.06. The molecule has 0 aliphatic heterocycles. The number of rotatable bonds is 7. The molecule has 0 unspecified atom stereocenters. The predicted octanol–water partition coefficient (Wildman–Crippen LogP) is 4.65. The summed E-state index contributed by atoms with van der Waals surface area (Å²) in [4.78, 5) is 16.0. The van der Waals surface area contributed by atoms with E-state index < -0.39 is 0 Å². The first-order chi connectivity index (χ1) is 14.4. The third kappa shape index (κ3) is 6.27. The monoisotopic (exact) mass is 401 g/mol. The van der Waals surface area contributed by atoms with Crippen molar-refractivity contribution in [3.8, 4) is 5.75 Å².